The Balaban J connectivity index is 2.73. The first-order chi connectivity index (χ1) is 11.9. The van der Waals surface area contributed by atoms with Crippen molar-refractivity contribution in [3.05, 3.63) is 35.9 Å². The third-order valence-electron chi connectivity index (χ3n) is 3.12. The molecule has 2 atom stereocenters. The van der Waals surface area contributed by atoms with Gasteiger partial charge in [0.25, 0.3) is 0 Å². The minimum absolute atomic E-state index is 0.0789. The predicted molar refractivity (Wildman–Crippen MR) is 90.6 cm³/mol. The van der Waals surface area contributed by atoms with Gasteiger partial charge in [0.2, 0.25) is 5.92 Å². The highest BCUT2D eigenvalue weighted by atomic mass is 19.3. The maximum absolute atomic E-state index is 13.4. The lowest BCUT2D eigenvalue weighted by Gasteiger charge is -2.28. The number of halogens is 2. The molecule has 1 aromatic carbocycles. The van der Waals surface area contributed by atoms with Gasteiger partial charge in [-0.25, -0.2) is 18.4 Å². The van der Waals surface area contributed by atoms with Gasteiger partial charge in [-0.3, -0.25) is 0 Å². The Kier molecular flexibility index (Phi) is 7.50. The van der Waals surface area contributed by atoms with E-state index in [2.05, 4.69) is 5.32 Å². The molecule has 2 unspecified atom stereocenters. The summed E-state index contributed by atoms with van der Waals surface area (Å²) in [5, 5.41) is 12.2. The van der Waals surface area contributed by atoms with Crippen molar-refractivity contribution in [2.24, 2.45) is 0 Å². The van der Waals surface area contributed by atoms with Crippen molar-refractivity contribution in [2.75, 3.05) is 0 Å². The average Bonchev–Trinajstić information content (AvgIpc) is 2.49. The van der Waals surface area contributed by atoms with Crippen molar-refractivity contribution < 1.29 is 33.0 Å². The molecule has 8 heteroatoms. The summed E-state index contributed by atoms with van der Waals surface area (Å²) in [6, 6.07) is 7.18. The fourth-order valence-corrected chi connectivity index (χ4v) is 2.07. The number of hydrogen-bond acceptors (Lipinski definition) is 5. The molecule has 0 aliphatic rings. The highest BCUT2D eigenvalue weighted by molar-refractivity contribution is 5.77. The minimum atomic E-state index is -3.22. The van der Waals surface area contributed by atoms with E-state index in [1.165, 1.54) is 0 Å². The number of aliphatic hydroxyl groups excluding tert-OH is 1. The first-order valence-corrected chi connectivity index (χ1v) is 8.13. The lowest BCUT2D eigenvalue weighted by atomic mass is 10.0. The Bertz CT molecular complexity index is 596. The van der Waals surface area contributed by atoms with Crippen LogP contribution in [0.25, 0.3) is 0 Å². The van der Waals surface area contributed by atoms with Crippen LogP contribution in [0.4, 0.5) is 13.6 Å². The van der Waals surface area contributed by atoms with Crippen LogP contribution in [0.2, 0.25) is 0 Å². The van der Waals surface area contributed by atoms with Crippen molar-refractivity contribution >= 4 is 12.1 Å². The Labute approximate surface area is 151 Å². The molecule has 1 amide bonds. The molecule has 6 nitrogen and oxygen atoms in total. The second kappa shape index (κ2) is 8.93. The fraction of sp³-hybridized carbons (Fsp3) is 0.556. The second-order valence-corrected chi connectivity index (χ2v) is 7.07. The van der Waals surface area contributed by atoms with E-state index in [-0.39, 0.29) is 6.61 Å². The van der Waals surface area contributed by atoms with Crippen LogP contribution in [0.1, 0.15) is 39.7 Å². The summed E-state index contributed by atoms with van der Waals surface area (Å²) in [7, 11) is 0. The van der Waals surface area contributed by atoms with E-state index in [0.29, 0.717) is 12.5 Å². The number of nitrogens with one attached hydrogen (secondary N) is 1. The van der Waals surface area contributed by atoms with Crippen molar-refractivity contribution in [3.8, 4) is 0 Å². The van der Waals surface area contributed by atoms with Crippen LogP contribution in [0.3, 0.4) is 0 Å². The number of amides is 1. The van der Waals surface area contributed by atoms with Crippen LogP contribution in [-0.4, -0.2) is 40.8 Å². The molecule has 2 N–H and O–H groups in total. The van der Waals surface area contributed by atoms with Gasteiger partial charge in [0.1, 0.15) is 12.2 Å². The summed E-state index contributed by atoms with van der Waals surface area (Å²) >= 11 is 0. The summed E-state index contributed by atoms with van der Waals surface area (Å²) in [4.78, 5) is 23.8. The van der Waals surface area contributed by atoms with Crippen molar-refractivity contribution in [2.45, 2.75) is 64.4 Å². The molecule has 1 aromatic rings. The van der Waals surface area contributed by atoms with Crippen molar-refractivity contribution in [1.29, 1.82) is 0 Å². The molecule has 0 heterocycles. The maximum atomic E-state index is 13.4. The minimum Gasteiger partial charge on any atom is -0.458 e. The molecule has 0 fully saturated rings. The maximum Gasteiger partial charge on any atom is 0.407 e. The third kappa shape index (κ3) is 8.75. The molecule has 0 saturated heterocycles. The van der Waals surface area contributed by atoms with Crippen LogP contribution in [0, 0.1) is 0 Å². The Hall–Kier alpha value is -2.22. The average molecular weight is 373 g/mol. The lowest BCUT2D eigenvalue weighted by molar-refractivity contribution is -0.167. The van der Waals surface area contributed by atoms with E-state index in [9.17, 15) is 23.5 Å². The Morgan fingerprint density at radius 1 is 1.15 bits per heavy atom. The van der Waals surface area contributed by atoms with E-state index in [4.69, 9.17) is 9.47 Å². The topological polar surface area (TPSA) is 84.9 Å². The molecular weight excluding hydrogens is 348 g/mol. The quantitative estimate of drug-likeness (QED) is 0.718. The SMILES string of the molecule is CC(F)(F)CC(NC(=O)OCc1ccccc1)C(O)C(=O)OC(C)(C)C. The molecule has 0 radical (unpaired) electrons. The number of esters is 1. The van der Waals surface area contributed by atoms with Gasteiger partial charge in [0.05, 0.1) is 6.04 Å². The number of carbonyl (C=O) groups is 2. The van der Waals surface area contributed by atoms with Crippen LogP contribution in [0.5, 0.6) is 0 Å². The van der Waals surface area contributed by atoms with E-state index in [1.54, 1.807) is 51.1 Å². The lowest BCUT2D eigenvalue weighted by Crippen LogP contribution is -2.50. The smallest absolute Gasteiger partial charge is 0.407 e. The van der Waals surface area contributed by atoms with Gasteiger partial charge in [-0.2, -0.15) is 0 Å². The molecule has 0 aromatic heterocycles. The summed E-state index contributed by atoms with van der Waals surface area (Å²) in [5.74, 6) is -4.32. The van der Waals surface area contributed by atoms with E-state index >= 15 is 0 Å². The molecule has 0 bridgehead atoms. The van der Waals surface area contributed by atoms with Crippen LogP contribution in [-0.2, 0) is 20.9 Å². The molecule has 0 aliphatic heterocycles. The monoisotopic (exact) mass is 373 g/mol. The number of rotatable bonds is 7. The van der Waals surface area contributed by atoms with Crippen LogP contribution >= 0.6 is 0 Å². The fourth-order valence-electron chi connectivity index (χ4n) is 2.07. The van der Waals surface area contributed by atoms with Gasteiger partial charge in [-0.05, 0) is 33.3 Å². The summed E-state index contributed by atoms with van der Waals surface area (Å²) in [6.07, 6.45) is -3.93. The largest absolute Gasteiger partial charge is 0.458 e. The predicted octanol–water partition coefficient (Wildman–Crippen LogP) is 3.03. The molecular formula is C18H25F2NO5. The van der Waals surface area contributed by atoms with Gasteiger partial charge in [-0.1, -0.05) is 30.3 Å². The highest BCUT2D eigenvalue weighted by Crippen LogP contribution is 2.22. The summed E-state index contributed by atoms with van der Waals surface area (Å²) in [6.45, 7) is 5.26. The van der Waals surface area contributed by atoms with Crippen LogP contribution < -0.4 is 5.32 Å². The first-order valence-electron chi connectivity index (χ1n) is 8.13. The molecule has 0 saturated carbocycles. The van der Waals surface area contributed by atoms with E-state index < -0.39 is 42.2 Å². The van der Waals surface area contributed by atoms with Gasteiger partial charge in [-0.15, -0.1) is 0 Å². The zero-order valence-electron chi connectivity index (χ0n) is 15.3. The van der Waals surface area contributed by atoms with E-state index in [1.807, 2.05) is 0 Å². The van der Waals surface area contributed by atoms with Gasteiger partial charge in [0.15, 0.2) is 6.10 Å². The standard InChI is InChI=1S/C18H25F2NO5/c1-17(2,3)26-15(23)14(22)13(10-18(4,19)20)21-16(24)25-11-12-8-6-5-7-9-12/h5-9,13-14,22H,10-11H2,1-4H3,(H,21,24). The summed E-state index contributed by atoms with van der Waals surface area (Å²) in [5.41, 5.74) is -0.210. The molecule has 0 spiro atoms. The van der Waals surface area contributed by atoms with Crippen molar-refractivity contribution in [1.82, 2.24) is 5.32 Å². The van der Waals surface area contributed by atoms with Gasteiger partial charge < -0.3 is 19.9 Å². The zero-order chi connectivity index (χ0) is 20.0. The molecule has 0 aliphatic carbocycles. The Morgan fingerprint density at radius 3 is 2.23 bits per heavy atom. The molecule has 1 rings (SSSR count). The van der Waals surface area contributed by atoms with E-state index in [0.717, 1.165) is 0 Å². The number of hydrogen-bond donors (Lipinski definition) is 2. The zero-order valence-corrected chi connectivity index (χ0v) is 15.3. The highest BCUT2D eigenvalue weighted by Gasteiger charge is 2.37. The normalized spacial score (nSPS) is 14.3. The first kappa shape index (κ1) is 21.8. The second-order valence-electron chi connectivity index (χ2n) is 7.07. The summed E-state index contributed by atoms with van der Waals surface area (Å²) < 4.78 is 36.7. The number of benzene rings is 1. The number of ether oxygens (including phenoxy) is 2. The number of alkyl carbamates (subject to hydrolysis) is 1. The number of aliphatic hydroxyl groups is 1. The Morgan fingerprint density at radius 2 is 1.73 bits per heavy atom. The third-order valence-corrected chi connectivity index (χ3v) is 3.12. The van der Waals surface area contributed by atoms with Crippen molar-refractivity contribution in [3.63, 3.8) is 0 Å². The van der Waals surface area contributed by atoms with Crippen LogP contribution in [0.15, 0.2) is 30.3 Å². The van der Waals surface area contributed by atoms with Gasteiger partial charge >= 0.3 is 12.1 Å². The number of carbonyl (C=O) groups excluding carboxylic acids is 2. The number of alkyl halides is 2. The van der Waals surface area contributed by atoms with Gasteiger partial charge in [0, 0.05) is 6.42 Å². The molecule has 26 heavy (non-hydrogen) atoms. The molecule has 146 valence electrons.